The summed E-state index contributed by atoms with van der Waals surface area (Å²) in [7, 11) is 1.55. The molecule has 120 valence electrons. The quantitative estimate of drug-likeness (QED) is 0.408. The number of carbonyl (C=O) groups is 1. The van der Waals surface area contributed by atoms with E-state index in [2.05, 4.69) is 36.4 Å². The van der Waals surface area contributed by atoms with Gasteiger partial charge < -0.3 is 9.72 Å². The van der Waals surface area contributed by atoms with Crippen molar-refractivity contribution in [3.8, 4) is 5.75 Å². The van der Waals surface area contributed by atoms with Crippen LogP contribution in [0.1, 0.15) is 11.3 Å². The average Bonchev–Trinajstić information content (AvgIpc) is 2.46. The van der Waals surface area contributed by atoms with E-state index in [0.29, 0.717) is 17.0 Å². The van der Waals surface area contributed by atoms with Crippen molar-refractivity contribution in [3.63, 3.8) is 0 Å². The molecule has 0 spiro atoms. The summed E-state index contributed by atoms with van der Waals surface area (Å²) in [6.07, 6.45) is 1.43. The first-order valence-electron chi connectivity index (χ1n) is 6.46. The van der Waals surface area contributed by atoms with Gasteiger partial charge in [-0.15, -0.1) is 0 Å². The number of halogens is 1. The molecule has 1 aromatic heterocycles. The van der Waals surface area contributed by atoms with Gasteiger partial charge in [0.05, 0.1) is 19.7 Å². The van der Waals surface area contributed by atoms with Crippen molar-refractivity contribution in [2.24, 2.45) is 5.10 Å². The molecule has 2 rings (SSSR count). The van der Waals surface area contributed by atoms with Crippen LogP contribution in [0, 0.1) is 4.77 Å². The summed E-state index contributed by atoms with van der Waals surface area (Å²) in [5.74, 6) is 0.247. The summed E-state index contributed by atoms with van der Waals surface area (Å²) in [6, 6.07) is 6.70. The molecule has 0 saturated heterocycles. The van der Waals surface area contributed by atoms with Crippen molar-refractivity contribution < 1.29 is 9.53 Å². The molecular formula is C14H13BrN4O3S. The molecular weight excluding hydrogens is 384 g/mol. The monoisotopic (exact) mass is 396 g/mol. The maximum Gasteiger partial charge on any atom is 0.251 e. The number of ether oxygens (including phenoxy) is 1. The number of methoxy groups -OCH3 is 1. The number of hydrogen-bond acceptors (Lipinski definition) is 5. The molecule has 0 aliphatic rings. The van der Waals surface area contributed by atoms with Gasteiger partial charge in [-0.2, -0.15) is 5.10 Å². The fourth-order valence-electron chi connectivity index (χ4n) is 1.81. The predicted molar refractivity (Wildman–Crippen MR) is 92.4 cm³/mol. The Labute approximate surface area is 144 Å². The van der Waals surface area contributed by atoms with Crippen LogP contribution in [0.25, 0.3) is 0 Å². The number of benzene rings is 1. The van der Waals surface area contributed by atoms with E-state index in [0.717, 1.165) is 4.47 Å². The molecule has 0 aliphatic carbocycles. The molecule has 1 amide bonds. The van der Waals surface area contributed by atoms with E-state index >= 15 is 0 Å². The SMILES string of the molecule is COc1ccc(Br)cc1/C=N\NC(=O)Cc1cc(=O)[nH]c(=S)[nH]1. The standard InChI is InChI=1S/C14H13BrN4O3S/c1-22-11-3-2-9(15)4-8(11)7-16-19-13(21)6-10-5-12(20)18-14(23)17-10/h2-5,7H,6H2,1H3,(H,19,21)(H2,17,18,20,23)/b16-7-. The third-order valence-corrected chi connectivity index (χ3v) is 3.45. The third-order valence-electron chi connectivity index (χ3n) is 2.75. The summed E-state index contributed by atoms with van der Waals surface area (Å²) in [5, 5.41) is 3.88. The van der Waals surface area contributed by atoms with Gasteiger partial charge in [0.25, 0.3) is 5.56 Å². The summed E-state index contributed by atoms with van der Waals surface area (Å²) < 4.78 is 6.23. The second kappa shape index (κ2) is 7.84. The molecule has 1 aromatic carbocycles. The normalized spacial score (nSPS) is 10.7. The van der Waals surface area contributed by atoms with Gasteiger partial charge in [0.15, 0.2) is 4.77 Å². The molecule has 3 N–H and O–H groups in total. The minimum Gasteiger partial charge on any atom is -0.496 e. The van der Waals surface area contributed by atoms with Crippen LogP contribution < -0.4 is 15.7 Å². The third kappa shape index (κ3) is 5.15. The number of nitrogens with zero attached hydrogens (tertiary/aromatic N) is 1. The number of hydrogen-bond donors (Lipinski definition) is 3. The first-order valence-corrected chi connectivity index (χ1v) is 7.66. The predicted octanol–water partition coefficient (Wildman–Crippen LogP) is 1.90. The van der Waals surface area contributed by atoms with Crippen LogP contribution in [0.4, 0.5) is 0 Å². The summed E-state index contributed by atoms with van der Waals surface area (Å²) in [6.45, 7) is 0. The highest BCUT2D eigenvalue weighted by atomic mass is 79.9. The Morgan fingerprint density at radius 3 is 2.91 bits per heavy atom. The lowest BCUT2D eigenvalue weighted by Gasteiger charge is -2.04. The number of aromatic nitrogens is 2. The van der Waals surface area contributed by atoms with Crippen molar-refractivity contribution in [1.82, 2.24) is 15.4 Å². The zero-order valence-electron chi connectivity index (χ0n) is 12.1. The Kier molecular flexibility index (Phi) is 5.83. The van der Waals surface area contributed by atoms with E-state index in [9.17, 15) is 9.59 Å². The number of carbonyl (C=O) groups excluding carboxylic acids is 1. The van der Waals surface area contributed by atoms with Crippen LogP contribution in [0.5, 0.6) is 5.75 Å². The first kappa shape index (κ1) is 17.1. The van der Waals surface area contributed by atoms with E-state index in [1.165, 1.54) is 12.3 Å². The largest absolute Gasteiger partial charge is 0.496 e. The summed E-state index contributed by atoms with van der Waals surface area (Å²) in [5.41, 5.74) is 3.14. The van der Waals surface area contributed by atoms with Gasteiger partial charge in [0, 0.05) is 21.8 Å². The average molecular weight is 397 g/mol. The molecule has 0 radical (unpaired) electrons. The second-order valence-electron chi connectivity index (χ2n) is 4.47. The Morgan fingerprint density at radius 2 is 2.22 bits per heavy atom. The van der Waals surface area contributed by atoms with E-state index in [-0.39, 0.29) is 22.7 Å². The second-order valence-corrected chi connectivity index (χ2v) is 5.79. The highest BCUT2D eigenvalue weighted by Gasteiger charge is 2.04. The molecule has 9 heteroatoms. The zero-order chi connectivity index (χ0) is 16.8. The summed E-state index contributed by atoms with van der Waals surface area (Å²) in [4.78, 5) is 28.2. The minimum absolute atomic E-state index is 0.0412. The van der Waals surface area contributed by atoms with Crippen molar-refractivity contribution >= 4 is 40.3 Å². The maximum absolute atomic E-state index is 11.8. The summed E-state index contributed by atoms with van der Waals surface area (Å²) >= 11 is 8.19. The van der Waals surface area contributed by atoms with Crippen molar-refractivity contribution in [1.29, 1.82) is 0 Å². The van der Waals surface area contributed by atoms with Crippen LogP contribution in [0.15, 0.2) is 38.6 Å². The van der Waals surface area contributed by atoms with Crippen LogP contribution in [-0.4, -0.2) is 29.2 Å². The molecule has 7 nitrogen and oxygen atoms in total. The molecule has 0 unspecified atom stereocenters. The lowest BCUT2D eigenvalue weighted by molar-refractivity contribution is -0.120. The van der Waals surface area contributed by atoms with Crippen LogP contribution in [0.3, 0.4) is 0 Å². The zero-order valence-corrected chi connectivity index (χ0v) is 14.5. The minimum atomic E-state index is -0.383. The van der Waals surface area contributed by atoms with Crippen LogP contribution in [-0.2, 0) is 11.2 Å². The number of aromatic amines is 2. The highest BCUT2D eigenvalue weighted by molar-refractivity contribution is 9.10. The fourth-order valence-corrected chi connectivity index (χ4v) is 2.42. The van der Waals surface area contributed by atoms with Crippen molar-refractivity contribution in [3.05, 3.63) is 55.1 Å². The maximum atomic E-state index is 11.8. The van der Waals surface area contributed by atoms with Crippen molar-refractivity contribution in [2.75, 3.05) is 7.11 Å². The molecule has 0 atom stereocenters. The topological polar surface area (TPSA) is 99.3 Å². The van der Waals surface area contributed by atoms with E-state index in [1.807, 2.05) is 12.1 Å². The Balaban J connectivity index is 2.03. The lowest BCUT2D eigenvalue weighted by atomic mass is 10.2. The van der Waals surface area contributed by atoms with Gasteiger partial charge >= 0.3 is 0 Å². The van der Waals surface area contributed by atoms with E-state index in [4.69, 9.17) is 17.0 Å². The number of nitrogens with one attached hydrogen (secondary N) is 3. The van der Waals surface area contributed by atoms with Gasteiger partial charge in [-0.05, 0) is 30.4 Å². The Morgan fingerprint density at radius 1 is 1.43 bits per heavy atom. The number of hydrazone groups is 1. The highest BCUT2D eigenvalue weighted by Crippen LogP contribution is 2.21. The number of H-pyrrole nitrogens is 2. The molecule has 1 heterocycles. The van der Waals surface area contributed by atoms with Crippen LogP contribution in [0.2, 0.25) is 0 Å². The number of amides is 1. The van der Waals surface area contributed by atoms with Gasteiger partial charge in [0.2, 0.25) is 5.91 Å². The van der Waals surface area contributed by atoms with Gasteiger partial charge in [-0.25, -0.2) is 5.43 Å². The van der Waals surface area contributed by atoms with Gasteiger partial charge in [-0.1, -0.05) is 15.9 Å². The smallest absolute Gasteiger partial charge is 0.251 e. The molecule has 2 aromatic rings. The van der Waals surface area contributed by atoms with Gasteiger partial charge in [0.1, 0.15) is 5.75 Å². The molecule has 23 heavy (non-hydrogen) atoms. The van der Waals surface area contributed by atoms with Gasteiger partial charge in [-0.3, -0.25) is 14.6 Å². The number of rotatable bonds is 5. The van der Waals surface area contributed by atoms with E-state index < -0.39 is 0 Å². The molecule has 0 bridgehead atoms. The first-order chi connectivity index (χ1) is 11.0. The van der Waals surface area contributed by atoms with E-state index in [1.54, 1.807) is 13.2 Å². The van der Waals surface area contributed by atoms with Crippen molar-refractivity contribution in [2.45, 2.75) is 6.42 Å². The Bertz CT molecular complexity index is 831. The molecule has 0 aliphatic heterocycles. The molecule has 0 fully saturated rings. The fraction of sp³-hybridized carbons (Fsp3) is 0.143. The van der Waals surface area contributed by atoms with Crippen LogP contribution >= 0.6 is 28.1 Å². The molecule has 0 saturated carbocycles. The lowest BCUT2D eigenvalue weighted by Crippen LogP contribution is -2.21. The Hall–Kier alpha value is -2.26.